The molecule has 82 valence electrons. The fourth-order valence-corrected chi connectivity index (χ4v) is 2.03. The fraction of sp³-hybridized carbons (Fsp3) is 0.231. The van der Waals surface area contributed by atoms with Gasteiger partial charge in [0.1, 0.15) is 0 Å². The number of likely N-dealkylation sites (N-methyl/N-ethyl adjacent to an activating group) is 1. The summed E-state index contributed by atoms with van der Waals surface area (Å²) in [4.78, 5) is 13.5. The first-order valence-electron chi connectivity index (χ1n) is 5.00. The van der Waals surface area contributed by atoms with Gasteiger partial charge in [-0.25, -0.2) is 0 Å². The Bertz CT molecular complexity index is 514. The van der Waals surface area contributed by atoms with Crippen LogP contribution in [0, 0.1) is 0 Å². The Morgan fingerprint density at radius 3 is 2.75 bits per heavy atom. The van der Waals surface area contributed by atoms with Crippen LogP contribution in [0.4, 0.5) is 5.69 Å². The van der Waals surface area contributed by atoms with Gasteiger partial charge in [0.05, 0.1) is 5.69 Å². The van der Waals surface area contributed by atoms with Crippen LogP contribution < -0.4 is 4.90 Å². The van der Waals surface area contributed by atoms with Crippen molar-refractivity contribution in [1.29, 1.82) is 0 Å². The maximum absolute atomic E-state index is 12.1. The number of carbonyl (C=O) groups excluding carboxylic acids is 1. The van der Waals surface area contributed by atoms with Crippen molar-refractivity contribution in [3.63, 3.8) is 0 Å². The Labute approximate surface area is 94.3 Å². The highest BCUT2D eigenvalue weighted by molar-refractivity contribution is 6.08. The minimum atomic E-state index is -1.60. The first-order chi connectivity index (χ1) is 7.53. The molecule has 1 aromatic carbocycles. The van der Waals surface area contributed by atoms with Gasteiger partial charge in [-0.05, 0) is 13.0 Å². The third-order valence-corrected chi connectivity index (χ3v) is 3.08. The number of carbonyl (C=O) groups is 1. The number of hydrogen-bond acceptors (Lipinski definition) is 2. The minimum absolute atomic E-state index is 0.359. The average molecular weight is 215 g/mol. The van der Waals surface area contributed by atoms with E-state index in [2.05, 4.69) is 12.3 Å². The van der Waals surface area contributed by atoms with Gasteiger partial charge in [-0.15, -0.1) is 5.73 Å². The molecule has 16 heavy (non-hydrogen) atoms. The van der Waals surface area contributed by atoms with E-state index in [1.165, 1.54) is 4.90 Å². The van der Waals surface area contributed by atoms with E-state index >= 15 is 0 Å². The van der Waals surface area contributed by atoms with E-state index in [0.717, 1.165) is 5.69 Å². The van der Waals surface area contributed by atoms with Crippen LogP contribution >= 0.6 is 0 Å². The van der Waals surface area contributed by atoms with E-state index in [-0.39, 0.29) is 5.91 Å². The van der Waals surface area contributed by atoms with Crippen LogP contribution in [0.2, 0.25) is 0 Å². The van der Waals surface area contributed by atoms with Crippen molar-refractivity contribution < 1.29 is 9.90 Å². The van der Waals surface area contributed by atoms with Crippen LogP contribution in [0.15, 0.2) is 42.1 Å². The fourth-order valence-electron chi connectivity index (χ4n) is 2.03. The molecule has 2 rings (SSSR count). The Kier molecular flexibility index (Phi) is 2.23. The minimum Gasteiger partial charge on any atom is -0.371 e. The Morgan fingerprint density at radius 2 is 2.12 bits per heavy atom. The van der Waals surface area contributed by atoms with Gasteiger partial charge in [0.15, 0.2) is 5.60 Å². The Morgan fingerprint density at radius 1 is 1.50 bits per heavy atom. The first-order valence-corrected chi connectivity index (χ1v) is 5.00. The van der Waals surface area contributed by atoms with Gasteiger partial charge in [0.25, 0.3) is 5.91 Å². The summed E-state index contributed by atoms with van der Waals surface area (Å²) in [7, 11) is 1.65. The molecular formula is C13H13NO2. The molecule has 1 heterocycles. The summed E-state index contributed by atoms with van der Waals surface area (Å²) in [5, 5.41) is 10.5. The molecule has 1 aliphatic heterocycles. The molecule has 0 aromatic heterocycles. The third-order valence-electron chi connectivity index (χ3n) is 3.08. The predicted octanol–water partition coefficient (Wildman–Crippen LogP) is 1.58. The molecule has 0 spiro atoms. The lowest BCUT2D eigenvalue weighted by atomic mass is 9.89. The lowest BCUT2D eigenvalue weighted by Gasteiger charge is -2.21. The number of aliphatic hydroxyl groups is 1. The number of rotatable bonds is 1. The van der Waals surface area contributed by atoms with E-state index in [1.807, 2.05) is 12.1 Å². The van der Waals surface area contributed by atoms with E-state index in [4.69, 9.17) is 0 Å². The summed E-state index contributed by atoms with van der Waals surface area (Å²) < 4.78 is 0. The van der Waals surface area contributed by atoms with Crippen molar-refractivity contribution in [2.75, 3.05) is 11.9 Å². The summed E-state index contributed by atoms with van der Waals surface area (Å²) in [6.07, 6.45) is 0. The van der Waals surface area contributed by atoms with Crippen LogP contribution in [-0.4, -0.2) is 18.1 Å². The van der Waals surface area contributed by atoms with Crippen LogP contribution in [0.3, 0.4) is 0 Å². The van der Waals surface area contributed by atoms with Crippen LogP contribution in [0.5, 0.6) is 0 Å². The average Bonchev–Trinajstić information content (AvgIpc) is 2.52. The largest absolute Gasteiger partial charge is 0.371 e. The molecule has 1 aromatic rings. The van der Waals surface area contributed by atoms with E-state index in [0.29, 0.717) is 11.1 Å². The molecule has 3 heteroatoms. The van der Waals surface area contributed by atoms with Gasteiger partial charge in [0, 0.05) is 18.2 Å². The maximum atomic E-state index is 12.1. The molecule has 1 aliphatic rings. The van der Waals surface area contributed by atoms with E-state index < -0.39 is 5.60 Å². The number of anilines is 1. The van der Waals surface area contributed by atoms with Gasteiger partial charge in [-0.2, -0.15) is 0 Å². The lowest BCUT2D eigenvalue weighted by Crippen LogP contribution is -2.39. The summed E-state index contributed by atoms with van der Waals surface area (Å²) in [5.41, 5.74) is 2.75. The van der Waals surface area contributed by atoms with Gasteiger partial charge >= 0.3 is 0 Å². The zero-order valence-electron chi connectivity index (χ0n) is 9.32. The quantitative estimate of drug-likeness (QED) is 0.722. The molecule has 3 nitrogen and oxygen atoms in total. The molecule has 1 atom stereocenters. The normalized spacial score (nSPS) is 22.9. The third kappa shape index (κ3) is 1.10. The topological polar surface area (TPSA) is 40.5 Å². The predicted molar refractivity (Wildman–Crippen MR) is 62.1 cm³/mol. The second-order valence-corrected chi connectivity index (χ2v) is 3.89. The van der Waals surface area contributed by atoms with Crippen molar-refractivity contribution in [3.8, 4) is 0 Å². The van der Waals surface area contributed by atoms with Crippen molar-refractivity contribution in [2.24, 2.45) is 0 Å². The highest BCUT2D eigenvalue weighted by Crippen LogP contribution is 2.42. The Hall–Kier alpha value is -1.83. The summed E-state index contributed by atoms with van der Waals surface area (Å²) in [5.74, 6) is -0.359. The smallest absolute Gasteiger partial charge is 0.268 e. The number of fused-ring (bicyclic) bond motifs is 1. The highest BCUT2D eigenvalue weighted by Gasteiger charge is 2.49. The van der Waals surface area contributed by atoms with E-state index in [1.54, 1.807) is 26.1 Å². The Balaban J connectivity index is 2.75. The highest BCUT2D eigenvalue weighted by atomic mass is 16.3. The first kappa shape index (κ1) is 10.7. The van der Waals surface area contributed by atoms with Gasteiger partial charge < -0.3 is 10.0 Å². The van der Waals surface area contributed by atoms with Crippen LogP contribution in [-0.2, 0) is 10.4 Å². The SMILES string of the molecule is C=C=C(C)C1(O)C(=O)N(C)c2ccccc21. The molecule has 0 saturated heterocycles. The molecule has 0 bridgehead atoms. The molecule has 0 saturated carbocycles. The second-order valence-electron chi connectivity index (χ2n) is 3.89. The summed E-state index contributed by atoms with van der Waals surface area (Å²) in [6.45, 7) is 5.14. The molecule has 0 radical (unpaired) electrons. The monoisotopic (exact) mass is 215 g/mol. The van der Waals surface area contributed by atoms with Crippen LogP contribution in [0.25, 0.3) is 0 Å². The lowest BCUT2D eigenvalue weighted by molar-refractivity contribution is -0.132. The van der Waals surface area contributed by atoms with Crippen molar-refractivity contribution >= 4 is 11.6 Å². The molecule has 0 fully saturated rings. The van der Waals surface area contributed by atoms with Crippen molar-refractivity contribution in [1.82, 2.24) is 0 Å². The molecule has 0 aliphatic carbocycles. The standard InChI is InChI=1S/C13H13NO2/c1-4-9(2)13(16)10-7-5-6-8-11(10)14(3)12(13)15/h5-8,16H,1H2,2-3H3. The number of amides is 1. The van der Waals surface area contributed by atoms with Gasteiger partial charge in [-0.3, -0.25) is 4.79 Å². The van der Waals surface area contributed by atoms with Crippen LogP contribution in [0.1, 0.15) is 12.5 Å². The molecule has 1 amide bonds. The molecule has 1 unspecified atom stereocenters. The zero-order chi connectivity index (χ0) is 11.9. The van der Waals surface area contributed by atoms with Crippen molar-refractivity contribution in [3.05, 3.63) is 47.7 Å². The summed E-state index contributed by atoms with van der Waals surface area (Å²) >= 11 is 0. The number of nitrogens with zero attached hydrogens (tertiary/aromatic N) is 1. The maximum Gasteiger partial charge on any atom is 0.268 e. The van der Waals surface area contributed by atoms with E-state index in [9.17, 15) is 9.90 Å². The zero-order valence-corrected chi connectivity index (χ0v) is 9.32. The number of hydrogen-bond donors (Lipinski definition) is 1. The van der Waals surface area contributed by atoms with Crippen molar-refractivity contribution in [2.45, 2.75) is 12.5 Å². The second kappa shape index (κ2) is 3.34. The number of benzene rings is 1. The summed E-state index contributed by atoms with van der Waals surface area (Å²) in [6, 6.07) is 7.19. The van der Waals surface area contributed by atoms with Gasteiger partial charge in [0.2, 0.25) is 0 Å². The number of para-hydroxylation sites is 1. The van der Waals surface area contributed by atoms with Gasteiger partial charge in [-0.1, -0.05) is 24.8 Å². The molecule has 1 N–H and O–H groups in total. The molecular weight excluding hydrogens is 202 g/mol.